The second-order valence-electron chi connectivity index (χ2n) is 14.0. The third-order valence-electron chi connectivity index (χ3n) is 8.53. The first kappa shape index (κ1) is 41.7. The van der Waals surface area contributed by atoms with Gasteiger partial charge in [0.25, 0.3) is 0 Å². The van der Waals surface area contributed by atoms with Gasteiger partial charge in [-0.3, -0.25) is 0 Å². The smallest absolute Gasteiger partial charge is 0.0654 e. The molecule has 0 radical (unpaired) electrons. The normalized spacial score (nSPS) is 12.2. The number of unbranched alkanes of at least 4 members (excludes halogenated alkanes) is 24. The number of carbonyl (C=O) groups excluding carboxylic acids is 2. The molecule has 0 saturated heterocycles. The summed E-state index contributed by atoms with van der Waals surface area (Å²) in [5.41, 5.74) is 0.230. The zero-order valence-corrected chi connectivity index (χ0v) is 30.4. The van der Waals surface area contributed by atoms with E-state index in [1.807, 2.05) is 0 Å². The molecule has 0 bridgehead atoms. The van der Waals surface area contributed by atoms with Gasteiger partial charge in [-0.15, -0.1) is 0 Å². The van der Waals surface area contributed by atoms with Crippen molar-refractivity contribution in [3.8, 4) is 0 Å². The Balaban J connectivity index is 4.07. The van der Waals surface area contributed by atoms with E-state index in [-0.39, 0.29) is 11.0 Å². The Bertz CT molecular complexity index is 562. The van der Waals surface area contributed by atoms with Crippen LogP contribution in [0.1, 0.15) is 194 Å². The van der Waals surface area contributed by atoms with E-state index in [0.717, 1.165) is 36.7 Å². The zero-order chi connectivity index (χ0) is 31.2. The number of hydrogen-bond donors (Lipinski definition) is 0. The van der Waals surface area contributed by atoms with Crippen molar-refractivity contribution in [3.63, 3.8) is 0 Å². The van der Waals surface area contributed by atoms with Crippen molar-refractivity contribution in [1.82, 2.24) is 0 Å². The van der Waals surface area contributed by atoms with Crippen molar-refractivity contribution < 1.29 is 18.6 Å². The molecule has 0 aromatic rings. The molecule has 0 aromatic carbocycles. The summed E-state index contributed by atoms with van der Waals surface area (Å²) in [5, 5.41) is 0. The third-order valence-corrected chi connectivity index (χ3v) is 10.5. The molecule has 0 unspecified atom stereocenters. The van der Waals surface area contributed by atoms with E-state index >= 15 is 0 Å². The summed E-state index contributed by atoms with van der Waals surface area (Å²) >= 11 is 0. The van der Waals surface area contributed by atoms with Gasteiger partial charge >= 0.3 is 213 Å². The minimum absolute atomic E-state index is 0.115. The average Bonchev–Trinajstić information content (AvgIpc) is 2.95. The maximum atomic E-state index is 13.1. The van der Waals surface area contributed by atoms with Crippen LogP contribution in [0.15, 0.2) is 0 Å². The minimum atomic E-state index is -2.04. The molecule has 0 spiro atoms. The molecule has 0 aliphatic carbocycles. The SMILES string of the molecule is CCCCCCCCCCCCCCCC(=O)[PH-](OCC[N+](C)(C)C)C(=O)CCCCCCCCCCCCCCC. The Labute approximate surface area is 265 Å². The van der Waals surface area contributed by atoms with E-state index in [9.17, 15) is 9.59 Å². The van der Waals surface area contributed by atoms with Crippen LogP contribution in [0.2, 0.25) is 0 Å². The molecule has 0 aromatic heterocycles. The number of likely N-dealkylation sites (N-methyl/N-ethyl adjacent to an activating group) is 1. The molecule has 5 heteroatoms. The van der Waals surface area contributed by atoms with Gasteiger partial charge in [0.2, 0.25) is 0 Å². The van der Waals surface area contributed by atoms with Crippen molar-refractivity contribution >= 4 is 19.2 Å². The Morgan fingerprint density at radius 1 is 0.452 bits per heavy atom. The van der Waals surface area contributed by atoms with Gasteiger partial charge in [-0.1, -0.05) is 52.4 Å². The van der Waals surface area contributed by atoms with Crippen molar-refractivity contribution in [2.24, 2.45) is 0 Å². The average molecular weight is 614 g/mol. The molecule has 0 atom stereocenters. The summed E-state index contributed by atoms with van der Waals surface area (Å²) < 4.78 is 6.84. The van der Waals surface area contributed by atoms with Crippen LogP contribution in [0.4, 0.5) is 0 Å². The van der Waals surface area contributed by atoms with Gasteiger partial charge in [-0.05, 0) is 0 Å². The van der Waals surface area contributed by atoms with Gasteiger partial charge in [-0.2, -0.15) is 0 Å². The fraction of sp³-hybridized carbons (Fsp3) is 0.946. The maximum absolute atomic E-state index is 13.1. The van der Waals surface area contributed by atoms with Gasteiger partial charge in [0, 0.05) is 0 Å². The Kier molecular flexibility index (Phi) is 30.5. The second kappa shape index (κ2) is 30.7. The second-order valence-corrected chi connectivity index (χ2v) is 16.1. The molecule has 0 heterocycles. The molecule has 252 valence electrons. The Morgan fingerprint density at radius 2 is 0.714 bits per heavy atom. The standard InChI is InChI=1S/C37H76NO3P/c1-6-8-10-12-14-16-18-20-22-24-26-28-30-32-36(39)42(41-35-34-38(3,4)5)37(40)33-31-29-27-25-23-21-19-17-15-13-11-9-7-2/h42H,6-35H2,1-5H3. The first-order valence-electron chi connectivity index (χ1n) is 18.7. The van der Waals surface area contributed by atoms with Crippen molar-refractivity contribution in [2.45, 2.75) is 194 Å². The van der Waals surface area contributed by atoms with Crippen LogP contribution in [0.5, 0.6) is 0 Å². The van der Waals surface area contributed by atoms with Gasteiger partial charge in [-0.25, -0.2) is 0 Å². The number of rotatable bonds is 34. The molecule has 0 fully saturated rings. The van der Waals surface area contributed by atoms with Crippen molar-refractivity contribution in [3.05, 3.63) is 0 Å². The molecule has 0 rings (SSSR count). The third kappa shape index (κ3) is 29.7. The van der Waals surface area contributed by atoms with Gasteiger partial charge < -0.3 is 0 Å². The van der Waals surface area contributed by atoms with E-state index in [2.05, 4.69) is 35.0 Å². The summed E-state index contributed by atoms with van der Waals surface area (Å²) in [6.45, 7) is 5.88. The van der Waals surface area contributed by atoms with E-state index < -0.39 is 8.15 Å². The van der Waals surface area contributed by atoms with E-state index in [0.29, 0.717) is 19.4 Å². The first-order chi connectivity index (χ1) is 20.3. The predicted octanol–water partition coefficient (Wildman–Crippen LogP) is 11.9. The van der Waals surface area contributed by atoms with Crippen LogP contribution in [0.25, 0.3) is 0 Å². The van der Waals surface area contributed by atoms with Gasteiger partial charge in [0.1, 0.15) is 0 Å². The molecule has 0 aliphatic rings. The van der Waals surface area contributed by atoms with Crippen LogP contribution >= 0.6 is 8.15 Å². The Hall–Kier alpha value is -0.310. The van der Waals surface area contributed by atoms with Crippen LogP contribution in [0.3, 0.4) is 0 Å². The van der Waals surface area contributed by atoms with E-state index in [1.54, 1.807) is 0 Å². The summed E-state index contributed by atoms with van der Waals surface area (Å²) in [6, 6.07) is 0. The Morgan fingerprint density at radius 3 is 0.976 bits per heavy atom. The fourth-order valence-corrected chi connectivity index (χ4v) is 7.31. The molecule has 0 saturated carbocycles. The molecule has 0 amide bonds. The van der Waals surface area contributed by atoms with E-state index in [1.165, 1.54) is 141 Å². The van der Waals surface area contributed by atoms with Gasteiger partial charge in [0.15, 0.2) is 0 Å². The molecular formula is C37H76NO3P. The number of hydrogen-bond acceptors (Lipinski definition) is 3. The molecule has 4 nitrogen and oxygen atoms in total. The minimum Gasteiger partial charge on any atom is -0.0654 e. The summed E-state index contributed by atoms with van der Waals surface area (Å²) in [7, 11) is 4.34. The van der Waals surface area contributed by atoms with Crippen molar-refractivity contribution in [2.75, 3.05) is 34.3 Å². The predicted molar refractivity (Wildman–Crippen MR) is 188 cm³/mol. The number of nitrogens with zero attached hydrogens (tertiary/aromatic N) is 1. The number of carbonyl (C=O) groups is 2. The summed E-state index contributed by atoms with van der Waals surface area (Å²) in [5.74, 6) is 0. The van der Waals surface area contributed by atoms with Crippen LogP contribution in [0, 0.1) is 0 Å². The number of quaternary nitrogens is 1. The zero-order valence-electron chi connectivity index (χ0n) is 29.4. The fourth-order valence-electron chi connectivity index (χ4n) is 5.57. The van der Waals surface area contributed by atoms with E-state index in [4.69, 9.17) is 4.52 Å². The van der Waals surface area contributed by atoms with Crippen LogP contribution in [-0.4, -0.2) is 49.8 Å². The topological polar surface area (TPSA) is 43.4 Å². The molecule has 42 heavy (non-hydrogen) atoms. The first-order valence-corrected chi connectivity index (χ1v) is 20.1. The molecular weight excluding hydrogens is 537 g/mol. The molecule has 0 N–H and O–H groups in total. The van der Waals surface area contributed by atoms with Gasteiger partial charge in [0.05, 0.1) is 0 Å². The van der Waals surface area contributed by atoms with Crippen LogP contribution < -0.4 is 0 Å². The quantitative estimate of drug-likeness (QED) is 0.0412. The summed E-state index contributed by atoms with van der Waals surface area (Å²) in [4.78, 5) is 26.1. The monoisotopic (exact) mass is 614 g/mol. The van der Waals surface area contributed by atoms with Crippen LogP contribution in [-0.2, 0) is 14.1 Å². The van der Waals surface area contributed by atoms with Crippen molar-refractivity contribution in [1.29, 1.82) is 0 Å². The summed E-state index contributed by atoms with van der Waals surface area (Å²) in [6.07, 6.45) is 34.8. The molecule has 0 aliphatic heterocycles.